The van der Waals surface area contributed by atoms with E-state index >= 15 is 0 Å². The van der Waals surface area contributed by atoms with Crippen molar-refractivity contribution < 1.29 is 4.12 Å². The third-order valence-electron chi connectivity index (χ3n) is 1.14. The summed E-state index contributed by atoms with van der Waals surface area (Å²) in [4.78, 5) is 0. The highest BCUT2D eigenvalue weighted by Gasteiger charge is 1.94. The molecule has 0 radical (unpaired) electrons. The van der Waals surface area contributed by atoms with Crippen LogP contribution in [-0.4, -0.2) is 18.8 Å². The molecule has 0 unspecified atom stereocenters. The van der Waals surface area contributed by atoms with E-state index in [0.29, 0.717) is 0 Å². The quantitative estimate of drug-likeness (QED) is 0.560. The molecule has 3 heteroatoms. The summed E-state index contributed by atoms with van der Waals surface area (Å²) < 4.78 is 5.60. The van der Waals surface area contributed by atoms with E-state index in [1.54, 1.807) is 0 Å². The molecule has 0 aliphatic heterocycles. The van der Waals surface area contributed by atoms with Crippen molar-refractivity contribution in [2.45, 2.75) is 26.9 Å². The average molecular weight is 160 g/mol. The van der Waals surface area contributed by atoms with E-state index in [0.717, 1.165) is 0 Å². The Hall–Kier alpha value is 0.134. The zero-order valence-corrected chi connectivity index (χ0v) is 9.34. The highest BCUT2D eigenvalue weighted by molar-refractivity contribution is 6.58. The molecule has 0 atom stereocenters. The Kier molecular flexibility index (Phi) is 5.04. The number of hydrogen-bond donors (Lipinski definition) is 0. The van der Waals surface area contributed by atoms with Gasteiger partial charge in [0.1, 0.15) is 0 Å². The average Bonchev–Trinajstić information content (AvgIpc) is 1.83. The minimum atomic E-state index is -0.720. The largest absolute Gasteiger partial charge is 0.459 e. The van der Waals surface area contributed by atoms with Gasteiger partial charge in [-0.3, -0.25) is 0 Å². The molecule has 0 spiro atoms. The minimum Gasteiger partial charge on any atom is -0.459 e. The molecule has 54 valence electrons. The van der Waals surface area contributed by atoms with Crippen LogP contribution in [0.1, 0.15) is 13.8 Å². The molecular weight excluding hydrogens is 144 g/mol. The number of rotatable bonds is 3. The Morgan fingerprint density at radius 1 is 1.56 bits per heavy atom. The third kappa shape index (κ3) is 6.01. The first-order valence-electron chi connectivity index (χ1n) is 3.40. The Morgan fingerprint density at radius 2 is 2.11 bits per heavy atom. The molecule has 0 N–H and O–H groups in total. The predicted octanol–water partition coefficient (Wildman–Crippen LogP) is 0.994. The van der Waals surface area contributed by atoms with E-state index in [-0.39, 0.29) is 9.76 Å². The molecule has 0 aromatic carbocycles. The van der Waals surface area contributed by atoms with Crippen LogP contribution in [0.25, 0.3) is 0 Å². The second-order valence-corrected chi connectivity index (χ2v) is 7.33. The number of hydrogen-bond acceptors (Lipinski definition) is 1. The first-order valence-corrected chi connectivity index (χ1v) is 7.46. The molecule has 0 aromatic heterocycles. The Morgan fingerprint density at radius 3 is 2.44 bits per heavy atom. The smallest absolute Gasteiger partial charge is 0.173 e. The van der Waals surface area contributed by atoms with Crippen LogP contribution in [0, 0.1) is 0 Å². The maximum absolute atomic E-state index is 5.60. The van der Waals surface area contributed by atoms with Crippen molar-refractivity contribution in [3.05, 3.63) is 11.3 Å². The van der Waals surface area contributed by atoms with Gasteiger partial charge in [0.15, 0.2) is 18.8 Å². The minimum absolute atomic E-state index is 0.289. The molecule has 0 saturated heterocycles. The van der Waals surface area contributed by atoms with Crippen molar-refractivity contribution >= 4 is 18.8 Å². The SMILES string of the molecule is CC=C(C)[SiH2]O[SiH](C)C. The van der Waals surface area contributed by atoms with Gasteiger partial charge in [0.25, 0.3) is 0 Å². The fourth-order valence-electron chi connectivity index (χ4n) is 0.381. The Bertz CT molecular complexity index is 99.2. The van der Waals surface area contributed by atoms with Crippen molar-refractivity contribution in [3.8, 4) is 0 Å². The Balaban J connectivity index is 3.28. The van der Waals surface area contributed by atoms with Crippen molar-refractivity contribution in [1.29, 1.82) is 0 Å². The van der Waals surface area contributed by atoms with Crippen LogP contribution in [0.3, 0.4) is 0 Å². The van der Waals surface area contributed by atoms with Crippen LogP contribution in [0.2, 0.25) is 13.1 Å². The van der Waals surface area contributed by atoms with Crippen LogP contribution >= 0.6 is 0 Å². The molecule has 0 aliphatic carbocycles. The summed E-state index contributed by atoms with van der Waals surface area (Å²) in [6.45, 7) is 8.67. The van der Waals surface area contributed by atoms with Crippen LogP contribution in [0.15, 0.2) is 11.3 Å². The molecule has 0 amide bonds. The molecule has 0 aromatic rings. The summed E-state index contributed by atoms with van der Waals surface area (Å²) in [6.07, 6.45) is 2.16. The Labute approximate surface area is 61.8 Å². The van der Waals surface area contributed by atoms with Gasteiger partial charge >= 0.3 is 0 Å². The van der Waals surface area contributed by atoms with Crippen molar-refractivity contribution in [2.75, 3.05) is 0 Å². The van der Waals surface area contributed by atoms with Crippen molar-refractivity contribution in [2.24, 2.45) is 0 Å². The summed E-state index contributed by atoms with van der Waals surface area (Å²) in [6, 6.07) is 0. The zero-order valence-electron chi connectivity index (χ0n) is 6.77. The number of allylic oxidation sites excluding steroid dienone is 2. The van der Waals surface area contributed by atoms with Gasteiger partial charge in [0.2, 0.25) is 0 Å². The van der Waals surface area contributed by atoms with E-state index in [1.807, 2.05) is 0 Å². The second-order valence-electron chi connectivity index (χ2n) is 2.49. The van der Waals surface area contributed by atoms with E-state index in [1.165, 1.54) is 5.20 Å². The van der Waals surface area contributed by atoms with Gasteiger partial charge in [-0.05, 0) is 26.9 Å². The normalized spacial score (nSPS) is 14.1. The second kappa shape index (κ2) is 4.96. The molecule has 0 aliphatic rings. The first kappa shape index (κ1) is 9.13. The summed E-state index contributed by atoms with van der Waals surface area (Å²) in [5.74, 6) is 0. The fraction of sp³-hybridized carbons (Fsp3) is 0.667. The van der Waals surface area contributed by atoms with Crippen molar-refractivity contribution in [1.82, 2.24) is 0 Å². The predicted molar refractivity (Wildman–Crippen MR) is 47.9 cm³/mol. The molecule has 0 heterocycles. The summed E-state index contributed by atoms with van der Waals surface area (Å²) in [5, 5.41) is 1.47. The van der Waals surface area contributed by atoms with Gasteiger partial charge in [-0.15, -0.1) is 0 Å². The zero-order chi connectivity index (χ0) is 7.28. The third-order valence-corrected chi connectivity index (χ3v) is 5.33. The van der Waals surface area contributed by atoms with Crippen LogP contribution in [0.4, 0.5) is 0 Å². The standard InChI is InChI=1S/C6H16OSi2/c1-5-6(2)8-7-9(3)4/h5,9H,8H2,1-4H3. The molecular formula is C6H16OSi2. The van der Waals surface area contributed by atoms with Crippen molar-refractivity contribution in [3.63, 3.8) is 0 Å². The lowest BCUT2D eigenvalue weighted by atomic mass is 10.6. The van der Waals surface area contributed by atoms with Crippen LogP contribution < -0.4 is 0 Å². The van der Waals surface area contributed by atoms with Crippen LogP contribution in [0.5, 0.6) is 0 Å². The van der Waals surface area contributed by atoms with Gasteiger partial charge in [0.05, 0.1) is 0 Å². The van der Waals surface area contributed by atoms with Gasteiger partial charge in [0, 0.05) is 0 Å². The molecule has 0 rings (SSSR count). The fourth-order valence-corrected chi connectivity index (χ4v) is 2.93. The van der Waals surface area contributed by atoms with E-state index < -0.39 is 9.04 Å². The molecule has 9 heavy (non-hydrogen) atoms. The summed E-state index contributed by atoms with van der Waals surface area (Å²) >= 11 is 0. The lowest BCUT2D eigenvalue weighted by Gasteiger charge is -2.04. The molecule has 0 saturated carbocycles. The summed E-state index contributed by atoms with van der Waals surface area (Å²) in [7, 11) is -1.01. The van der Waals surface area contributed by atoms with Gasteiger partial charge in [-0.2, -0.15) is 0 Å². The molecule has 1 nitrogen and oxygen atoms in total. The maximum atomic E-state index is 5.60. The van der Waals surface area contributed by atoms with Crippen LogP contribution in [-0.2, 0) is 4.12 Å². The first-order chi connectivity index (χ1) is 4.16. The highest BCUT2D eigenvalue weighted by atomic mass is 28.3. The molecule has 0 bridgehead atoms. The lowest BCUT2D eigenvalue weighted by molar-refractivity contribution is 0.630. The monoisotopic (exact) mass is 160 g/mol. The van der Waals surface area contributed by atoms with Gasteiger partial charge < -0.3 is 4.12 Å². The summed E-state index contributed by atoms with van der Waals surface area (Å²) in [5.41, 5.74) is 0. The van der Waals surface area contributed by atoms with Gasteiger partial charge in [-0.25, -0.2) is 0 Å². The maximum Gasteiger partial charge on any atom is 0.173 e. The van der Waals surface area contributed by atoms with E-state index in [4.69, 9.17) is 4.12 Å². The van der Waals surface area contributed by atoms with Gasteiger partial charge in [-0.1, -0.05) is 11.3 Å². The lowest BCUT2D eigenvalue weighted by Crippen LogP contribution is -2.12. The van der Waals surface area contributed by atoms with E-state index in [2.05, 4.69) is 33.0 Å². The highest BCUT2D eigenvalue weighted by Crippen LogP contribution is 1.91. The topological polar surface area (TPSA) is 9.23 Å². The van der Waals surface area contributed by atoms with E-state index in [9.17, 15) is 0 Å². The molecule has 0 fully saturated rings.